The van der Waals surface area contributed by atoms with Gasteiger partial charge in [-0.2, -0.15) is 0 Å². The van der Waals surface area contributed by atoms with Crippen LogP contribution in [0.3, 0.4) is 0 Å². The van der Waals surface area contributed by atoms with Crippen molar-refractivity contribution in [3.63, 3.8) is 0 Å². The second-order valence-electron chi connectivity index (χ2n) is 4.40. The van der Waals surface area contributed by atoms with Crippen molar-refractivity contribution in [2.75, 3.05) is 0 Å². The molecule has 17 heavy (non-hydrogen) atoms. The summed E-state index contributed by atoms with van der Waals surface area (Å²) in [6.07, 6.45) is 10.4. The highest BCUT2D eigenvalue weighted by Crippen LogP contribution is 2.30. The number of allylic oxidation sites excluding steroid dienone is 2. The SMILES string of the molecule is BrC1C=CCC(Br)C(Br)CCC(Br)C(Br)CC1. The van der Waals surface area contributed by atoms with Crippen molar-refractivity contribution in [2.24, 2.45) is 0 Å². The first-order chi connectivity index (χ1) is 8.00. The Morgan fingerprint density at radius 2 is 1.12 bits per heavy atom. The van der Waals surface area contributed by atoms with E-state index in [1.54, 1.807) is 0 Å². The Balaban J connectivity index is 2.61. The molecule has 0 bridgehead atoms. The van der Waals surface area contributed by atoms with E-state index in [-0.39, 0.29) is 0 Å². The summed E-state index contributed by atoms with van der Waals surface area (Å²) in [5.74, 6) is 0. The van der Waals surface area contributed by atoms with E-state index in [0.717, 1.165) is 6.42 Å². The summed E-state index contributed by atoms with van der Waals surface area (Å²) >= 11 is 18.8. The number of rotatable bonds is 0. The fraction of sp³-hybridized carbons (Fsp3) is 0.833. The van der Waals surface area contributed by atoms with Gasteiger partial charge in [0.15, 0.2) is 0 Å². The quantitative estimate of drug-likeness (QED) is 0.240. The Hall–Kier alpha value is 2.14. The van der Waals surface area contributed by atoms with Crippen LogP contribution in [0, 0.1) is 0 Å². The van der Waals surface area contributed by atoms with Crippen LogP contribution in [0.15, 0.2) is 12.2 Å². The van der Waals surface area contributed by atoms with Gasteiger partial charge < -0.3 is 0 Å². The molecule has 1 rings (SSSR count). The van der Waals surface area contributed by atoms with Crippen LogP contribution in [-0.2, 0) is 0 Å². The zero-order valence-corrected chi connectivity index (χ0v) is 17.4. The van der Waals surface area contributed by atoms with Crippen LogP contribution in [0.4, 0.5) is 0 Å². The van der Waals surface area contributed by atoms with Crippen LogP contribution in [0.1, 0.15) is 32.1 Å². The second kappa shape index (κ2) is 9.15. The third-order valence-electron chi connectivity index (χ3n) is 2.93. The lowest BCUT2D eigenvalue weighted by atomic mass is 10.0. The first-order valence-electron chi connectivity index (χ1n) is 5.87. The fourth-order valence-electron chi connectivity index (χ4n) is 1.78. The molecular formula is C12H17Br5. The Kier molecular flexibility index (Phi) is 9.25. The van der Waals surface area contributed by atoms with E-state index < -0.39 is 0 Å². The van der Waals surface area contributed by atoms with Crippen molar-refractivity contribution in [1.29, 1.82) is 0 Å². The summed E-state index contributed by atoms with van der Waals surface area (Å²) < 4.78 is 0. The van der Waals surface area contributed by atoms with Crippen molar-refractivity contribution in [3.05, 3.63) is 12.2 Å². The predicted octanol–water partition coefficient (Wildman–Crippen LogP) is 6.32. The molecule has 0 aromatic rings. The molecule has 0 nitrogen and oxygen atoms in total. The monoisotopic (exact) mass is 556 g/mol. The molecule has 0 aromatic carbocycles. The smallest absolute Gasteiger partial charge is 0.0325 e. The molecule has 0 amide bonds. The lowest BCUT2D eigenvalue weighted by Gasteiger charge is -2.22. The maximum atomic E-state index is 3.79. The largest absolute Gasteiger partial charge is 0.0879 e. The first kappa shape index (κ1) is 17.2. The summed E-state index contributed by atoms with van der Waals surface area (Å²) in [6, 6.07) is 0. The van der Waals surface area contributed by atoms with Crippen LogP contribution in [-0.4, -0.2) is 24.1 Å². The minimum atomic E-state index is 0.496. The highest BCUT2D eigenvalue weighted by molar-refractivity contribution is 9.12. The van der Waals surface area contributed by atoms with E-state index in [9.17, 15) is 0 Å². The number of alkyl halides is 5. The zero-order chi connectivity index (χ0) is 12.8. The summed E-state index contributed by atoms with van der Waals surface area (Å²) in [6.45, 7) is 0. The second-order valence-corrected chi connectivity index (χ2v) is 10.3. The highest BCUT2D eigenvalue weighted by atomic mass is 79.9. The van der Waals surface area contributed by atoms with Gasteiger partial charge in [0.1, 0.15) is 0 Å². The van der Waals surface area contributed by atoms with Crippen molar-refractivity contribution in [2.45, 2.75) is 56.2 Å². The Labute approximate surface area is 146 Å². The molecular weight excluding hydrogens is 544 g/mol. The lowest BCUT2D eigenvalue weighted by molar-refractivity contribution is 0.618. The van der Waals surface area contributed by atoms with E-state index in [0.29, 0.717) is 24.1 Å². The molecule has 0 saturated carbocycles. The summed E-state index contributed by atoms with van der Waals surface area (Å²) in [5.41, 5.74) is 0. The average molecular weight is 561 g/mol. The predicted molar refractivity (Wildman–Crippen MR) is 95.8 cm³/mol. The van der Waals surface area contributed by atoms with E-state index >= 15 is 0 Å². The molecule has 100 valence electrons. The number of hydrogen-bond acceptors (Lipinski definition) is 0. The standard InChI is InChI=1S/C12H17Br5/c13-8-2-1-3-9(14)11(16)6-7-12(17)10(15)5-4-8/h1-2,8-12H,3-7H2. The van der Waals surface area contributed by atoms with Crippen molar-refractivity contribution in [1.82, 2.24) is 0 Å². The van der Waals surface area contributed by atoms with E-state index in [1.165, 1.54) is 25.7 Å². The van der Waals surface area contributed by atoms with Gasteiger partial charge in [0.05, 0.1) is 0 Å². The van der Waals surface area contributed by atoms with Gasteiger partial charge in [0.25, 0.3) is 0 Å². The van der Waals surface area contributed by atoms with E-state index in [1.807, 2.05) is 0 Å². The van der Waals surface area contributed by atoms with Crippen molar-refractivity contribution >= 4 is 79.6 Å². The van der Waals surface area contributed by atoms with Gasteiger partial charge in [-0.1, -0.05) is 91.8 Å². The molecule has 0 N–H and O–H groups in total. The first-order valence-corrected chi connectivity index (χ1v) is 10.5. The number of hydrogen-bond donors (Lipinski definition) is 0. The van der Waals surface area contributed by atoms with Crippen LogP contribution in [0.5, 0.6) is 0 Å². The van der Waals surface area contributed by atoms with Crippen LogP contribution >= 0.6 is 79.6 Å². The third-order valence-corrected chi connectivity index (χ3v) is 9.41. The summed E-state index contributed by atoms with van der Waals surface area (Å²) in [7, 11) is 0. The summed E-state index contributed by atoms with van der Waals surface area (Å²) in [4.78, 5) is 2.68. The van der Waals surface area contributed by atoms with Gasteiger partial charge in [-0.15, -0.1) is 0 Å². The molecule has 5 unspecified atom stereocenters. The normalized spacial score (nSPS) is 41.6. The third kappa shape index (κ3) is 6.92. The molecule has 0 aliphatic heterocycles. The Bertz CT molecular complexity index is 243. The van der Waals surface area contributed by atoms with Crippen molar-refractivity contribution < 1.29 is 0 Å². The molecule has 5 atom stereocenters. The molecule has 0 fully saturated rings. The van der Waals surface area contributed by atoms with E-state index in [4.69, 9.17) is 0 Å². The Morgan fingerprint density at radius 3 is 1.71 bits per heavy atom. The highest BCUT2D eigenvalue weighted by Gasteiger charge is 2.21. The van der Waals surface area contributed by atoms with Crippen molar-refractivity contribution in [3.8, 4) is 0 Å². The van der Waals surface area contributed by atoms with Crippen LogP contribution < -0.4 is 0 Å². The van der Waals surface area contributed by atoms with Gasteiger partial charge in [0.2, 0.25) is 0 Å². The molecule has 0 aromatic heterocycles. The summed E-state index contributed by atoms with van der Waals surface area (Å²) in [5, 5.41) is 0. The minimum absolute atomic E-state index is 0.496. The topological polar surface area (TPSA) is 0 Å². The molecule has 0 radical (unpaired) electrons. The molecule has 1 aliphatic rings. The van der Waals surface area contributed by atoms with Gasteiger partial charge >= 0.3 is 0 Å². The average Bonchev–Trinajstić information content (AvgIpc) is 2.31. The lowest BCUT2D eigenvalue weighted by Crippen LogP contribution is -2.20. The maximum absolute atomic E-state index is 3.79. The van der Waals surface area contributed by atoms with Gasteiger partial charge in [-0.25, -0.2) is 0 Å². The minimum Gasteiger partial charge on any atom is -0.0879 e. The molecule has 0 heterocycles. The molecule has 1 aliphatic carbocycles. The molecule has 5 heteroatoms. The zero-order valence-electron chi connectivity index (χ0n) is 9.47. The van der Waals surface area contributed by atoms with Crippen LogP contribution in [0.25, 0.3) is 0 Å². The maximum Gasteiger partial charge on any atom is 0.0325 e. The van der Waals surface area contributed by atoms with E-state index in [2.05, 4.69) is 91.8 Å². The Morgan fingerprint density at radius 1 is 0.647 bits per heavy atom. The molecule has 0 spiro atoms. The van der Waals surface area contributed by atoms with Gasteiger partial charge in [-0.05, 0) is 32.1 Å². The number of halogens is 5. The fourth-order valence-corrected chi connectivity index (χ4v) is 4.28. The molecule has 0 saturated heterocycles. The van der Waals surface area contributed by atoms with Gasteiger partial charge in [-0.3, -0.25) is 0 Å². The van der Waals surface area contributed by atoms with Gasteiger partial charge in [0, 0.05) is 24.1 Å². The van der Waals surface area contributed by atoms with Crippen LogP contribution in [0.2, 0.25) is 0 Å².